The maximum Gasteiger partial charge on any atom is 0.135 e. The Morgan fingerprint density at radius 3 is 1.74 bits per heavy atom. The van der Waals surface area contributed by atoms with Gasteiger partial charge in [0.15, 0.2) is 0 Å². The van der Waals surface area contributed by atoms with Crippen molar-refractivity contribution in [3.8, 4) is 5.82 Å². The third kappa shape index (κ3) is 8.50. The second kappa shape index (κ2) is 16.2. The van der Waals surface area contributed by atoms with Gasteiger partial charge in [-0.1, -0.05) is 142 Å². The zero-order valence-electron chi connectivity index (χ0n) is 39.1. The fourth-order valence-corrected chi connectivity index (χ4v) is 8.22. The fraction of sp³-hybridized carbons (Fsp3) is 0.321. The molecule has 7 aromatic rings. The number of benzene rings is 5. The summed E-state index contributed by atoms with van der Waals surface area (Å²) in [5.41, 5.74) is 14.5. The van der Waals surface area contributed by atoms with Gasteiger partial charge < -0.3 is 19.3 Å². The molecule has 8 rings (SSSR count). The molecule has 324 valence electrons. The molecule has 0 radical (unpaired) electrons. The van der Waals surface area contributed by atoms with Gasteiger partial charge in [-0.2, -0.15) is 6.07 Å². The number of allylic oxidation sites excluding steroid dienone is 2. The normalized spacial score (nSPS) is 14.0. The molecule has 62 heavy (non-hydrogen) atoms. The Balaban J connectivity index is 0.00000578. The molecule has 0 fully saturated rings. The zero-order valence-corrected chi connectivity index (χ0v) is 41.4. The maximum atomic E-state index is 4.96. The van der Waals surface area contributed by atoms with Gasteiger partial charge in [-0.25, -0.2) is 4.98 Å². The Morgan fingerprint density at radius 1 is 0.532 bits per heavy atom. The fourth-order valence-electron chi connectivity index (χ4n) is 8.22. The molecule has 2 aromatic heterocycles. The first-order valence-corrected chi connectivity index (χ1v) is 21.7. The van der Waals surface area contributed by atoms with E-state index in [2.05, 4.69) is 244 Å². The second-order valence-electron chi connectivity index (χ2n) is 21.0. The van der Waals surface area contributed by atoms with Gasteiger partial charge in [0.05, 0.1) is 0 Å². The topological polar surface area (TPSA) is 27.5 Å². The van der Waals surface area contributed by atoms with Crippen LogP contribution in [0.5, 0.6) is 0 Å². The van der Waals surface area contributed by atoms with Gasteiger partial charge in [0.25, 0.3) is 0 Å². The van der Waals surface area contributed by atoms with Crippen molar-refractivity contribution in [3.63, 3.8) is 0 Å². The number of rotatable bonds is 6. The van der Waals surface area contributed by atoms with Crippen molar-refractivity contribution in [2.45, 2.75) is 119 Å². The van der Waals surface area contributed by atoms with Gasteiger partial charge in [0.1, 0.15) is 5.82 Å². The van der Waals surface area contributed by atoms with Crippen molar-refractivity contribution in [2.75, 3.05) is 14.7 Å². The molecule has 0 spiro atoms. The predicted octanol–water partition coefficient (Wildman–Crippen LogP) is 15.1. The van der Waals surface area contributed by atoms with Crippen LogP contribution in [-0.2, 0) is 42.7 Å². The molecule has 3 heterocycles. The largest absolute Gasteiger partial charge is 0.497 e. The van der Waals surface area contributed by atoms with Gasteiger partial charge in [-0.3, -0.25) is 0 Å². The van der Waals surface area contributed by atoms with E-state index in [-0.39, 0.29) is 42.7 Å². The summed E-state index contributed by atoms with van der Waals surface area (Å²) in [5.74, 6) is 0.885. The van der Waals surface area contributed by atoms with E-state index in [1.807, 2.05) is 6.20 Å². The van der Waals surface area contributed by atoms with Crippen molar-refractivity contribution in [1.82, 2.24) is 9.55 Å². The minimum Gasteiger partial charge on any atom is -0.497 e. The van der Waals surface area contributed by atoms with Crippen molar-refractivity contribution in [3.05, 3.63) is 168 Å². The van der Waals surface area contributed by atoms with Crippen LogP contribution in [0.1, 0.15) is 119 Å². The van der Waals surface area contributed by atoms with Gasteiger partial charge in [-0.15, -0.1) is 53.6 Å². The average molecular weight is 1000 g/mol. The molecule has 6 heteroatoms. The van der Waals surface area contributed by atoms with Crippen LogP contribution >= 0.6 is 0 Å². The molecule has 0 saturated carbocycles. The molecule has 0 amide bonds. The van der Waals surface area contributed by atoms with Crippen LogP contribution in [0.3, 0.4) is 0 Å². The Bertz CT molecular complexity index is 2770. The summed E-state index contributed by atoms with van der Waals surface area (Å²) in [6.07, 6.45) is 1.94. The van der Waals surface area contributed by atoms with Crippen LogP contribution < -0.4 is 14.7 Å². The quantitative estimate of drug-likeness (QED) is 0.155. The molecular weight excluding hydrogens is 938 g/mol. The number of hydrogen-bond acceptors (Lipinski definition) is 4. The van der Waals surface area contributed by atoms with E-state index < -0.39 is 0 Å². The van der Waals surface area contributed by atoms with E-state index in [1.54, 1.807) is 0 Å². The van der Waals surface area contributed by atoms with Crippen LogP contribution in [0, 0.1) is 18.8 Å². The third-order valence-electron chi connectivity index (χ3n) is 12.3. The standard InChI is InChI=1S/C56H62N5.Pt/c1-37-38(2)59(36-58(37)45-29-40(54(6,7)8)28-41(30-45)55(9,10)11)46-31-42(56(12,13)14)32-47(34-46)60(43-20-16-15-17-21-43)44-24-25-49-48-22-18-19-23-50(48)61(51(49)35-44)52-33-39(26-27-57-52)53(3,4)5;/h15-33,36H,1-14H3;/q-3;. The summed E-state index contributed by atoms with van der Waals surface area (Å²) < 4.78 is 2.28. The van der Waals surface area contributed by atoms with Gasteiger partial charge in [-0.05, 0) is 100 Å². The summed E-state index contributed by atoms with van der Waals surface area (Å²) >= 11 is 0. The SMILES string of the molecule is CC1=C(C)N(c2cc(C(C)(C)C)cc(C(C)(C)C)c2)[CH-]N1c1[c-]c(N(c2[c-]c3c(cc2)c2ccccc2n3-c2cc(C(C)(C)C)ccn2)c2ccccc2)cc(C(C)(C)C)c1.[Pt]. The molecule has 1 aliphatic heterocycles. The van der Waals surface area contributed by atoms with Crippen LogP contribution in [-0.4, -0.2) is 9.55 Å². The van der Waals surface area contributed by atoms with E-state index in [0.29, 0.717) is 0 Å². The Morgan fingerprint density at radius 2 is 1.11 bits per heavy atom. The molecule has 0 aliphatic carbocycles. The molecular formula is C56H62N5Pt-3. The smallest absolute Gasteiger partial charge is 0.135 e. The summed E-state index contributed by atoms with van der Waals surface area (Å²) in [6, 6.07) is 47.7. The number of pyridine rings is 1. The Labute approximate surface area is 385 Å². The van der Waals surface area contributed by atoms with Crippen molar-refractivity contribution in [1.29, 1.82) is 0 Å². The van der Waals surface area contributed by atoms with Gasteiger partial charge >= 0.3 is 0 Å². The van der Waals surface area contributed by atoms with Crippen LogP contribution in [0.2, 0.25) is 0 Å². The third-order valence-corrected chi connectivity index (χ3v) is 12.3. The number of fused-ring (bicyclic) bond motifs is 3. The number of nitrogens with zero attached hydrogens (tertiary/aromatic N) is 5. The Kier molecular flexibility index (Phi) is 11.7. The molecule has 1 aliphatic rings. The number of hydrogen-bond donors (Lipinski definition) is 0. The molecule has 0 N–H and O–H groups in total. The number of anilines is 5. The van der Waals surface area contributed by atoms with E-state index >= 15 is 0 Å². The molecule has 5 aromatic carbocycles. The summed E-state index contributed by atoms with van der Waals surface area (Å²) in [4.78, 5) is 11.9. The van der Waals surface area contributed by atoms with Crippen LogP contribution in [0.15, 0.2) is 127 Å². The molecule has 0 atom stereocenters. The van der Waals surface area contributed by atoms with Gasteiger partial charge in [0.2, 0.25) is 0 Å². The first-order chi connectivity index (χ1) is 28.6. The molecule has 0 saturated heterocycles. The van der Waals surface area contributed by atoms with Crippen LogP contribution in [0.4, 0.5) is 28.4 Å². The van der Waals surface area contributed by atoms with E-state index in [0.717, 1.165) is 45.0 Å². The molecule has 5 nitrogen and oxygen atoms in total. The predicted molar refractivity (Wildman–Crippen MR) is 260 cm³/mol. The zero-order chi connectivity index (χ0) is 43.8. The van der Waals surface area contributed by atoms with E-state index in [1.165, 1.54) is 44.7 Å². The minimum atomic E-state index is -0.139. The summed E-state index contributed by atoms with van der Waals surface area (Å²) in [7, 11) is 0. The molecule has 0 unspecified atom stereocenters. The first-order valence-electron chi connectivity index (χ1n) is 21.7. The number of para-hydroxylation sites is 2. The van der Waals surface area contributed by atoms with Crippen molar-refractivity contribution >= 4 is 50.2 Å². The first kappa shape index (κ1) is 44.9. The van der Waals surface area contributed by atoms with Crippen molar-refractivity contribution in [2.24, 2.45) is 0 Å². The summed E-state index contributed by atoms with van der Waals surface area (Å²) in [6.45, 7) is 34.1. The minimum absolute atomic E-state index is 0. The van der Waals surface area contributed by atoms with Crippen LogP contribution in [0.25, 0.3) is 27.6 Å². The van der Waals surface area contributed by atoms with E-state index in [4.69, 9.17) is 4.98 Å². The monoisotopic (exact) mass is 999 g/mol. The average Bonchev–Trinajstić information content (AvgIpc) is 3.69. The van der Waals surface area contributed by atoms with Crippen molar-refractivity contribution < 1.29 is 21.1 Å². The summed E-state index contributed by atoms with van der Waals surface area (Å²) in [5, 5.41) is 2.31. The Hall–Kier alpha value is -5.12. The molecule has 0 bridgehead atoms. The second-order valence-corrected chi connectivity index (χ2v) is 21.0. The number of aromatic nitrogens is 2. The van der Waals surface area contributed by atoms with Gasteiger partial charge in [0, 0.05) is 55.5 Å². The van der Waals surface area contributed by atoms with E-state index in [9.17, 15) is 0 Å². The maximum absolute atomic E-state index is 4.96.